The van der Waals surface area contributed by atoms with Gasteiger partial charge in [0.05, 0.1) is 5.69 Å². The predicted molar refractivity (Wildman–Crippen MR) is 102 cm³/mol. The molecular weight excluding hydrogens is 362 g/mol. The zero-order valence-electron chi connectivity index (χ0n) is 15.1. The van der Waals surface area contributed by atoms with Gasteiger partial charge in [-0.15, -0.1) is 0 Å². The largest absolute Gasteiger partial charge is 0.381 e. The lowest BCUT2D eigenvalue weighted by molar-refractivity contribution is 0.0836. The summed E-state index contributed by atoms with van der Waals surface area (Å²) >= 11 is 6.25. The first-order chi connectivity index (χ1) is 13.3. The molecule has 2 aliphatic rings. The number of fused-ring (bicyclic) bond motifs is 1. The van der Waals surface area contributed by atoms with Gasteiger partial charge in [-0.05, 0) is 49.9 Å². The first kappa shape index (κ1) is 17.0. The predicted octanol–water partition coefficient (Wildman–Crippen LogP) is 3.74. The lowest BCUT2D eigenvalue weighted by atomic mass is 9.95. The summed E-state index contributed by atoms with van der Waals surface area (Å²) in [5, 5.41) is 10.0. The fourth-order valence-electron chi connectivity index (χ4n) is 4.12. The van der Waals surface area contributed by atoms with Crippen molar-refractivity contribution in [3.8, 4) is 5.69 Å². The second-order valence-electron chi connectivity index (χ2n) is 7.34. The zero-order chi connectivity index (χ0) is 18.2. The summed E-state index contributed by atoms with van der Waals surface area (Å²) in [6.45, 7) is 2.49. The number of nitrogens with zero attached hydrogens (tertiary/aromatic N) is 5. The number of benzene rings is 1. The number of halogens is 1. The molecule has 1 saturated heterocycles. The van der Waals surface area contributed by atoms with E-state index in [9.17, 15) is 0 Å². The first-order valence-corrected chi connectivity index (χ1v) is 9.97. The van der Waals surface area contributed by atoms with Crippen molar-refractivity contribution in [2.45, 2.75) is 44.1 Å². The van der Waals surface area contributed by atoms with Gasteiger partial charge in [-0.25, -0.2) is 9.67 Å². The highest BCUT2D eigenvalue weighted by Crippen LogP contribution is 2.32. The van der Waals surface area contributed by atoms with Crippen LogP contribution in [0.3, 0.4) is 0 Å². The van der Waals surface area contributed by atoms with Gasteiger partial charge in [-0.1, -0.05) is 17.7 Å². The summed E-state index contributed by atoms with van der Waals surface area (Å²) in [4.78, 5) is 5.04. The molecule has 7 heteroatoms. The molecule has 5 rings (SSSR count). The van der Waals surface area contributed by atoms with Crippen LogP contribution < -0.4 is 0 Å². The average molecular weight is 384 g/mol. The standard InChI is InChI=1S/C20H22ClN5O/c21-16-2-1-3-18(13-16)26-20(15-5-9-25-17(12-15)4-8-22-25)23-19(24-26)14-6-10-27-11-7-14/h1-4,8,13-15H,5-7,9-12H2. The van der Waals surface area contributed by atoms with Crippen molar-refractivity contribution in [1.82, 2.24) is 24.5 Å². The Kier molecular flexibility index (Phi) is 4.45. The maximum atomic E-state index is 6.25. The molecule has 0 aliphatic carbocycles. The van der Waals surface area contributed by atoms with Crippen molar-refractivity contribution in [2.24, 2.45) is 0 Å². The van der Waals surface area contributed by atoms with Gasteiger partial charge in [-0.3, -0.25) is 4.68 Å². The summed E-state index contributed by atoms with van der Waals surface area (Å²) in [6.07, 6.45) is 5.80. The molecule has 0 amide bonds. The number of ether oxygens (including phenoxy) is 1. The third kappa shape index (κ3) is 3.28. The van der Waals surface area contributed by atoms with E-state index in [4.69, 9.17) is 26.4 Å². The minimum Gasteiger partial charge on any atom is -0.381 e. The molecule has 27 heavy (non-hydrogen) atoms. The number of aromatic nitrogens is 5. The van der Waals surface area contributed by atoms with Crippen molar-refractivity contribution >= 4 is 11.6 Å². The van der Waals surface area contributed by atoms with E-state index in [-0.39, 0.29) is 0 Å². The van der Waals surface area contributed by atoms with Crippen molar-refractivity contribution in [3.05, 3.63) is 58.9 Å². The SMILES string of the molecule is Clc1cccc(-n2nc(C3CCOCC3)nc2C2CCn3nccc3C2)c1. The second kappa shape index (κ2) is 7.09. The molecule has 4 heterocycles. The van der Waals surface area contributed by atoms with Crippen LogP contribution in [-0.2, 0) is 17.7 Å². The fourth-order valence-corrected chi connectivity index (χ4v) is 4.30. The van der Waals surface area contributed by atoms with Gasteiger partial charge in [0.2, 0.25) is 0 Å². The minimum absolute atomic E-state index is 0.328. The van der Waals surface area contributed by atoms with E-state index in [1.165, 1.54) is 5.69 Å². The Morgan fingerprint density at radius 1 is 1.07 bits per heavy atom. The van der Waals surface area contributed by atoms with E-state index < -0.39 is 0 Å². The summed E-state index contributed by atoms with van der Waals surface area (Å²) in [5.41, 5.74) is 2.24. The van der Waals surface area contributed by atoms with E-state index in [1.807, 2.05) is 35.1 Å². The third-order valence-corrected chi connectivity index (χ3v) is 5.84. The second-order valence-corrected chi connectivity index (χ2v) is 7.78. The number of rotatable bonds is 3. The smallest absolute Gasteiger partial charge is 0.154 e. The summed E-state index contributed by atoms with van der Waals surface area (Å²) in [7, 11) is 0. The quantitative estimate of drug-likeness (QED) is 0.691. The van der Waals surface area contributed by atoms with E-state index in [0.717, 1.165) is 62.8 Å². The molecule has 0 bridgehead atoms. The Balaban J connectivity index is 1.55. The Labute approximate surface area is 163 Å². The molecule has 0 radical (unpaired) electrons. The van der Waals surface area contributed by atoms with Crippen LogP contribution in [0, 0.1) is 0 Å². The van der Waals surface area contributed by atoms with Crippen LogP contribution in [0.4, 0.5) is 0 Å². The van der Waals surface area contributed by atoms with Crippen LogP contribution in [0.15, 0.2) is 36.5 Å². The summed E-state index contributed by atoms with van der Waals surface area (Å²) in [6, 6.07) is 9.96. The van der Waals surface area contributed by atoms with Crippen molar-refractivity contribution in [3.63, 3.8) is 0 Å². The Bertz CT molecular complexity index is 944. The molecule has 2 aliphatic heterocycles. The van der Waals surface area contributed by atoms with E-state index in [1.54, 1.807) is 0 Å². The van der Waals surface area contributed by atoms with E-state index in [2.05, 4.69) is 15.8 Å². The molecule has 2 aromatic heterocycles. The van der Waals surface area contributed by atoms with Crippen LogP contribution in [-0.4, -0.2) is 37.8 Å². The molecule has 1 fully saturated rings. The third-order valence-electron chi connectivity index (χ3n) is 5.60. The number of aryl methyl sites for hydroxylation is 1. The normalized spacial score (nSPS) is 20.6. The first-order valence-electron chi connectivity index (χ1n) is 9.59. The van der Waals surface area contributed by atoms with E-state index >= 15 is 0 Å². The van der Waals surface area contributed by atoms with Gasteiger partial charge in [0.1, 0.15) is 5.82 Å². The average Bonchev–Trinajstić information content (AvgIpc) is 3.35. The highest BCUT2D eigenvalue weighted by Gasteiger charge is 2.29. The molecule has 3 aromatic rings. The maximum Gasteiger partial charge on any atom is 0.154 e. The molecule has 0 saturated carbocycles. The van der Waals surface area contributed by atoms with Crippen LogP contribution in [0.5, 0.6) is 0 Å². The molecule has 1 aromatic carbocycles. The molecular formula is C20H22ClN5O. The molecule has 0 N–H and O–H groups in total. The van der Waals surface area contributed by atoms with Crippen LogP contribution in [0.2, 0.25) is 5.02 Å². The summed E-state index contributed by atoms with van der Waals surface area (Å²) in [5.74, 6) is 2.67. The van der Waals surface area contributed by atoms with Crippen molar-refractivity contribution in [1.29, 1.82) is 0 Å². The molecule has 1 unspecified atom stereocenters. The topological polar surface area (TPSA) is 57.8 Å². The monoisotopic (exact) mass is 383 g/mol. The highest BCUT2D eigenvalue weighted by atomic mass is 35.5. The fraction of sp³-hybridized carbons (Fsp3) is 0.450. The zero-order valence-corrected chi connectivity index (χ0v) is 15.8. The number of hydrogen-bond donors (Lipinski definition) is 0. The van der Waals surface area contributed by atoms with Gasteiger partial charge in [-0.2, -0.15) is 10.2 Å². The van der Waals surface area contributed by atoms with Gasteiger partial charge in [0.15, 0.2) is 5.82 Å². The highest BCUT2D eigenvalue weighted by molar-refractivity contribution is 6.30. The lowest BCUT2D eigenvalue weighted by Crippen LogP contribution is -2.21. The van der Waals surface area contributed by atoms with Gasteiger partial charge >= 0.3 is 0 Å². The Hall–Kier alpha value is -2.18. The molecule has 1 atom stereocenters. The Morgan fingerprint density at radius 3 is 2.81 bits per heavy atom. The van der Waals surface area contributed by atoms with Crippen LogP contribution in [0.25, 0.3) is 5.69 Å². The van der Waals surface area contributed by atoms with Gasteiger partial charge in [0.25, 0.3) is 0 Å². The van der Waals surface area contributed by atoms with Gasteiger partial charge in [0, 0.05) is 48.5 Å². The molecule has 0 spiro atoms. The Morgan fingerprint density at radius 2 is 1.96 bits per heavy atom. The van der Waals surface area contributed by atoms with Crippen LogP contribution in [0.1, 0.15) is 48.4 Å². The van der Waals surface area contributed by atoms with Crippen molar-refractivity contribution in [2.75, 3.05) is 13.2 Å². The lowest BCUT2D eigenvalue weighted by Gasteiger charge is -2.23. The minimum atomic E-state index is 0.328. The molecule has 140 valence electrons. The van der Waals surface area contributed by atoms with Gasteiger partial charge < -0.3 is 4.74 Å². The summed E-state index contributed by atoms with van der Waals surface area (Å²) < 4.78 is 9.62. The maximum absolute atomic E-state index is 6.25. The van der Waals surface area contributed by atoms with Crippen LogP contribution >= 0.6 is 11.6 Å². The van der Waals surface area contributed by atoms with E-state index in [0.29, 0.717) is 16.9 Å². The molecule has 6 nitrogen and oxygen atoms in total. The van der Waals surface area contributed by atoms with Crippen molar-refractivity contribution < 1.29 is 4.74 Å². The number of hydrogen-bond acceptors (Lipinski definition) is 4.